The molecule has 23 heavy (non-hydrogen) atoms. The van der Waals surface area contributed by atoms with Gasteiger partial charge in [0.05, 0.1) is 12.3 Å². The van der Waals surface area contributed by atoms with E-state index < -0.39 is 11.9 Å². The van der Waals surface area contributed by atoms with Crippen LogP contribution in [0, 0.1) is 6.92 Å². The minimum atomic E-state index is -0.922. The zero-order valence-electron chi connectivity index (χ0n) is 12.8. The van der Waals surface area contributed by atoms with Gasteiger partial charge < -0.3 is 14.7 Å². The lowest BCUT2D eigenvalue weighted by Crippen LogP contribution is -2.31. The van der Waals surface area contributed by atoms with Crippen LogP contribution in [0.5, 0.6) is 0 Å². The molecule has 0 aliphatic carbocycles. The van der Waals surface area contributed by atoms with Gasteiger partial charge in [-0.05, 0) is 18.6 Å². The maximum atomic E-state index is 12.9. The number of thiazole rings is 1. The van der Waals surface area contributed by atoms with E-state index in [-0.39, 0.29) is 12.5 Å². The number of amides is 1. The molecular formula is C16H16N2O4S. The van der Waals surface area contributed by atoms with Crippen molar-refractivity contribution in [2.24, 2.45) is 0 Å². The highest BCUT2D eigenvalue weighted by atomic mass is 32.1. The number of aromatic nitrogens is 1. The number of carbonyl (C=O) groups is 2. The number of nitrogens with zero attached hydrogens (tertiary/aromatic N) is 2. The Labute approximate surface area is 137 Å². The standard InChI is InChI=1S/C16H16N2O4S/c1-9-14(23-13(17-9)8-22-2)15(19)18-7-11(16(20)21)10-5-3-4-6-12(10)18/h3-6,11H,7-8H2,1-2H3,(H,20,21). The molecular weight excluding hydrogens is 316 g/mol. The second-order valence-electron chi connectivity index (χ2n) is 5.32. The molecule has 0 bridgehead atoms. The third kappa shape index (κ3) is 2.73. The smallest absolute Gasteiger partial charge is 0.312 e. The van der Waals surface area contributed by atoms with Crippen LogP contribution in [0.4, 0.5) is 5.69 Å². The van der Waals surface area contributed by atoms with E-state index in [1.54, 1.807) is 38.3 Å². The molecule has 0 fully saturated rings. The Morgan fingerprint density at radius 1 is 1.43 bits per heavy atom. The van der Waals surface area contributed by atoms with Crippen molar-refractivity contribution < 1.29 is 19.4 Å². The lowest BCUT2D eigenvalue weighted by atomic mass is 10.0. The van der Waals surface area contributed by atoms with Gasteiger partial charge in [0.1, 0.15) is 15.8 Å². The van der Waals surface area contributed by atoms with Gasteiger partial charge in [-0.2, -0.15) is 0 Å². The maximum Gasteiger partial charge on any atom is 0.312 e. The summed E-state index contributed by atoms with van der Waals surface area (Å²) in [5.74, 6) is -1.82. The predicted molar refractivity (Wildman–Crippen MR) is 86.1 cm³/mol. The lowest BCUT2D eigenvalue weighted by molar-refractivity contribution is -0.138. The van der Waals surface area contributed by atoms with Crippen LogP contribution in [-0.2, 0) is 16.1 Å². The highest BCUT2D eigenvalue weighted by molar-refractivity contribution is 7.13. The number of methoxy groups -OCH3 is 1. The highest BCUT2D eigenvalue weighted by Gasteiger charge is 2.37. The van der Waals surface area contributed by atoms with E-state index >= 15 is 0 Å². The lowest BCUT2D eigenvalue weighted by Gasteiger charge is -2.16. The third-order valence-electron chi connectivity index (χ3n) is 3.81. The summed E-state index contributed by atoms with van der Waals surface area (Å²) in [5.41, 5.74) is 1.97. The first kappa shape index (κ1) is 15.6. The average molecular weight is 332 g/mol. The Morgan fingerprint density at radius 3 is 2.87 bits per heavy atom. The predicted octanol–water partition coefficient (Wildman–Crippen LogP) is 2.43. The number of fused-ring (bicyclic) bond motifs is 1. The van der Waals surface area contributed by atoms with E-state index in [1.807, 2.05) is 0 Å². The minimum absolute atomic E-state index is 0.143. The van der Waals surface area contributed by atoms with Gasteiger partial charge in [-0.3, -0.25) is 9.59 Å². The number of anilines is 1. The first-order valence-electron chi connectivity index (χ1n) is 7.11. The van der Waals surface area contributed by atoms with Gasteiger partial charge >= 0.3 is 5.97 Å². The van der Waals surface area contributed by atoms with Crippen molar-refractivity contribution in [1.82, 2.24) is 4.98 Å². The molecule has 1 aliphatic rings. The van der Waals surface area contributed by atoms with Crippen LogP contribution in [0.1, 0.15) is 31.9 Å². The molecule has 7 heteroatoms. The van der Waals surface area contributed by atoms with Crippen LogP contribution in [0.3, 0.4) is 0 Å². The largest absolute Gasteiger partial charge is 0.481 e. The number of hydrogen-bond acceptors (Lipinski definition) is 5. The summed E-state index contributed by atoms with van der Waals surface area (Å²) in [7, 11) is 1.58. The molecule has 2 heterocycles. The molecule has 2 aromatic rings. The number of aliphatic carboxylic acids is 1. The summed E-state index contributed by atoms with van der Waals surface area (Å²) in [4.78, 5) is 30.7. The molecule has 6 nitrogen and oxygen atoms in total. The topological polar surface area (TPSA) is 79.7 Å². The van der Waals surface area contributed by atoms with Crippen molar-refractivity contribution >= 4 is 28.9 Å². The molecule has 1 unspecified atom stereocenters. The van der Waals surface area contributed by atoms with E-state index in [0.29, 0.717) is 28.4 Å². The molecule has 1 N–H and O–H groups in total. The summed E-state index contributed by atoms with van der Waals surface area (Å²) in [6, 6.07) is 7.14. The van der Waals surface area contributed by atoms with Gasteiger partial charge in [0.25, 0.3) is 5.91 Å². The van der Waals surface area contributed by atoms with Crippen molar-refractivity contribution in [3.05, 3.63) is 45.4 Å². The van der Waals surface area contributed by atoms with Crippen LogP contribution < -0.4 is 4.90 Å². The average Bonchev–Trinajstić information content (AvgIpc) is 3.08. The van der Waals surface area contributed by atoms with Gasteiger partial charge in [0.2, 0.25) is 0 Å². The molecule has 0 spiro atoms. The number of carboxylic acid groups (broad SMARTS) is 1. The van der Waals surface area contributed by atoms with Crippen LogP contribution >= 0.6 is 11.3 Å². The number of hydrogen-bond donors (Lipinski definition) is 1. The summed E-state index contributed by atoms with van der Waals surface area (Å²) >= 11 is 1.29. The van der Waals surface area contributed by atoms with Crippen molar-refractivity contribution in [3.8, 4) is 0 Å². The number of aryl methyl sites for hydroxylation is 1. The van der Waals surface area contributed by atoms with Crippen LogP contribution in [-0.4, -0.2) is 35.6 Å². The second kappa shape index (κ2) is 6.10. The summed E-state index contributed by atoms with van der Waals surface area (Å²) in [6.45, 7) is 2.27. The fraction of sp³-hybridized carbons (Fsp3) is 0.312. The van der Waals surface area contributed by atoms with Crippen molar-refractivity contribution in [2.75, 3.05) is 18.6 Å². The second-order valence-corrected chi connectivity index (χ2v) is 6.40. The van der Waals surface area contributed by atoms with Gasteiger partial charge in [-0.1, -0.05) is 18.2 Å². The Hall–Kier alpha value is -2.25. The van der Waals surface area contributed by atoms with Crippen molar-refractivity contribution in [1.29, 1.82) is 0 Å². The van der Waals surface area contributed by atoms with Crippen molar-refractivity contribution in [3.63, 3.8) is 0 Å². The molecule has 1 aromatic heterocycles. The molecule has 0 saturated carbocycles. The van der Waals surface area contributed by atoms with Crippen molar-refractivity contribution in [2.45, 2.75) is 19.4 Å². The normalized spacial score (nSPS) is 16.4. The molecule has 1 amide bonds. The molecule has 1 aromatic carbocycles. The van der Waals surface area contributed by atoms with E-state index in [1.165, 1.54) is 16.2 Å². The Balaban J connectivity index is 1.96. The molecule has 1 aliphatic heterocycles. The van der Waals surface area contributed by atoms with Gasteiger partial charge in [0, 0.05) is 19.3 Å². The Bertz CT molecular complexity index is 771. The Morgan fingerprint density at radius 2 is 2.17 bits per heavy atom. The monoisotopic (exact) mass is 332 g/mol. The maximum absolute atomic E-state index is 12.9. The fourth-order valence-electron chi connectivity index (χ4n) is 2.77. The van der Waals surface area contributed by atoms with Crippen LogP contribution in [0.15, 0.2) is 24.3 Å². The van der Waals surface area contributed by atoms with Gasteiger partial charge in [-0.15, -0.1) is 11.3 Å². The van der Waals surface area contributed by atoms with E-state index in [9.17, 15) is 14.7 Å². The quantitative estimate of drug-likeness (QED) is 0.930. The zero-order chi connectivity index (χ0) is 16.6. The summed E-state index contributed by atoms with van der Waals surface area (Å²) in [6.07, 6.45) is 0. The van der Waals surface area contributed by atoms with E-state index in [0.717, 1.165) is 5.01 Å². The minimum Gasteiger partial charge on any atom is -0.481 e. The molecule has 0 saturated heterocycles. The number of benzene rings is 1. The number of rotatable bonds is 4. The van der Waals surface area contributed by atoms with Crippen LogP contribution in [0.2, 0.25) is 0 Å². The van der Waals surface area contributed by atoms with Crippen LogP contribution in [0.25, 0.3) is 0 Å². The van der Waals surface area contributed by atoms with Gasteiger partial charge in [-0.25, -0.2) is 4.98 Å². The molecule has 3 rings (SSSR count). The number of ether oxygens (including phenoxy) is 1. The fourth-order valence-corrected chi connectivity index (χ4v) is 3.76. The van der Waals surface area contributed by atoms with Gasteiger partial charge in [0.15, 0.2) is 0 Å². The highest BCUT2D eigenvalue weighted by Crippen LogP contribution is 2.38. The SMILES string of the molecule is COCc1nc(C)c(C(=O)N2CC(C(=O)O)c3ccccc32)s1. The van der Waals surface area contributed by atoms with E-state index in [2.05, 4.69) is 4.98 Å². The number of carbonyl (C=O) groups excluding carboxylic acids is 1. The first-order valence-corrected chi connectivity index (χ1v) is 7.93. The molecule has 0 radical (unpaired) electrons. The number of para-hydroxylation sites is 1. The number of carboxylic acids is 1. The summed E-state index contributed by atoms with van der Waals surface area (Å²) < 4.78 is 5.05. The Kier molecular flexibility index (Phi) is 4.14. The zero-order valence-corrected chi connectivity index (χ0v) is 13.6. The summed E-state index contributed by atoms with van der Waals surface area (Å²) in [5, 5.41) is 10.1. The first-order chi connectivity index (χ1) is 11.0. The molecule has 120 valence electrons. The third-order valence-corrected chi connectivity index (χ3v) is 4.93. The molecule has 1 atom stereocenters. The van der Waals surface area contributed by atoms with E-state index in [4.69, 9.17) is 4.74 Å².